The third-order valence-electron chi connectivity index (χ3n) is 4.09. The van der Waals surface area contributed by atoms with E-state index >= 15 is 0 Å². The number of pyridine rings is 1. The van der Waals surface area contributed by atoms with E-state index in [0.717, 1.165) is 0 Å². The molecule has 0 bridgehead atoms. The molecule has 0 spiro atoms. The van der Waals surface area contributed by atoms with Gasteiger partial charge in [0.05, 0.1) is 25.8 Å². The number of aromatic nitrogens is 1. The van der Waals surface area contributed by atoms with E-state index in [9.17, 15) is 9.59 Å². The lowest BCUT2D eigenvalue weighted by Crippen LogP contribution is -2.28. The van der Waals surface area contributed by atoms with E-state index in [1.807, 2.05) is 0 Å². The summed E-state index contributed by atoms with van der Waals surface area (Å²) >= 11 is 0. The topological polar surface area (TPSA) is 80.8 Å². The Bertz CT molecular complexity index is 779. The number of amides is 2. The van der Waals surface area contributed by atoms with Crippen LogP contribution < -0.4 is 19.7 Å². The van der Waals surface area contributed by atoms with E-state index in [0.29, 0.717) is 23.0 Å². The van der Waals surface area contributed by atoms with Crippen LogP contribution in [0.15, 0.2) is 42.6 Å². The summed E-state index contributed by atoms with van der Waals surface area (Å²) in [5.41, 5.74) is 0.597. The molecule has 3 rings (SSSR count). The maximum Gasteiger partial charge on any atom is 0.230 e. The van der Waals surface area contributed by atoms with E-state index in [1.54, 1.807) is 54.6 Å². The second-order valence-corrected chi connectivity index (χ2v) is 5.65. The molecule has 1 aromatic carbocycles. The minimum atomic E-state index is -0.453. The molecule has 2 heterocycles. The molecule has 1 aromatic heterocycles. The molecule has 7 nitrogen and oxygen atoms in total. The Morgan fingerprint density at radius 1 is 1.24 bits per heavy atom. The predicted molar refractivity (Wildman–Crippen MR) is 92.9 cm³/mol. The van der Waals surface area contributed by atoms with Gasteiger partial charge in [-0.3, -0.25) is 9.59 Å². The zero-order chi connectivity index (χ0) is 17.8. The maximum absolute atomic E-state index is 12.4. The van der Waals surface area contributed by atoms with Crippen LogP contribution in [0, 0.1) is 5.92 Å². The number of hydrogen-bond acceptors (Lipinski definition) is 5. The van der Waals surface area contributed by atoms with Crippen LogP contribution in [0.3, 0.4) is 0 Å². The first-order chi connectivity index (χ1) is 12.1. The number of benzene rings is 1. The molecule has 25 heavy (non-hydrogen) atoms. The fourth-order valence-electron chi connectivity index (χ4n) is 2.79. The van der Waals surface area contributed by atoms with E-state index in [2.05, 4.69) is 10.3 Å². The average Bonchev–Trinajstić information content (AvgIpc) is 3.03. The Morgan fingerprint density at radius 2 is 2.08 bits per heavy atom. The number of methoxy groups -OCH3 is 2. The van der Waals surface area contributed by atoms with Gasteiger partial charge in [0, 0.05) is 25.2 Å². The highest BCUT2D eigenvalue weighted by molar-refractivity contribution is 6.04. The van der Waals surface area contributed by atoms with Crippen LogP contribution in [0.4, 0.5) is 11.5 Å². The summed E-state index contributed by atoms with van der Waals surface area (Å²) in [4.78, 5) is 30.5. The van der Waals surface area contributed by atoms with Crippen LogP contribution in [0.25, 0.3) is 0 Å². The Balaban J connectivity index is 1.77. The molecule has 0 aliphatic carbocycles. The molecule has 1 N–H and O–H groups in total. The highest BCUT2D eigenvalue weighted by Gasteiger charge is 2.36. The Morgan fingerprint density at radius 3 is 2.76 bits per heavy atom. The van der Waals surface area contributed by atoms with Crippen LogP contribution in [0.1, 0.15) is 6.42 Å². The molecule has 0 saturated carbocycles. The summed E-state index contributed by atoms with van der Waals surface area (Å²) < 4.78 is 10.6. The van der Waals surface area contributed by atoms with Crippen molar-refractivity contribution < 1.29 is 19.1 Å². The monoisotopic (exact) mass is 341 g/mol. The lowest BCUT2D eigenvalue weighted by Gasteiger charge is -2.20. The van der Waals surface area contributed by atoms with Gasteiger partial charge in [0.15, 0.2) is 0 Å². The lowest BCUT2D eigenvalue weighted by atomic mass is 10.1. The van der Waals surface area contributed by atoms with Gasteiger partial charge >= 0.3 is 0 Å². The summed E-state index contributed by atoms with van der Waals surface area (Å²) in [5.74, 6) is 0.830. The summed E-state index contributed by atoms with van der Waals surface area (Å²) in [7, 11) is 3.09. The number of anilines is 2. The van der Waals surface area contributed by atoms with Crippen molar-refractivity contribution in [3.63, 3.8) is 0 Å². The van der Waals surface area contributed by atoms with Crippen LogP contribution in [0.5, 0.6) is 11.5 Å². The van der Waals surface area contributed by atoms with E-state index in [4.69, 9.17) is 9.47 Å². The predicted octanol–water partition coefficient (Wildman–Crippen LogP) is 2.09. The lowest BCUT2D eigenvalue weighted by molar-refractivity contribution is -0.122. The normalized spacial score (nSPS) is 16.6. The first-order valence-electron chi connectivity index (χ1n) is 7.86. The number of carbonyl (C=O) groups excluding carboxylic acids is 2. The number of rotatable bonds is 5. The fraction of sp³-hybridized carbons (Fsp3) is 0.278. The highest BCUT2D eigenvalue weighted by Crippen LogP contribution is 2.36. The van der Waals surface area contributed by atoms with Gasteiger partial charge in [-0.15, -0.1) is 0 Å². The largest absolute Gasteiger partial charge is 0.497 e. The minimum absolute atomic E-state index is 0.132. The molecule has 2 aromatic rings. The molecule has 130 valence electrons. The van der Waals surface area contributed by atoms with Crippen molar-refractivity contribution >= 4 is 23.3 Å². The number of hydrogen-bond donors (Lipinski definition) is 1. The first-order valence-corrected chi connectivity index (χ1v) is 7.86. The van der Waals surface area contributed by atoms with Crippen LogP contribution in [0.2, 0.25) is 0 Å². The van der Waals surface area contributed by atoms with Crippen molar-refractivity contribution in [1.82, 2.24) is 4.98 Å². The summed E-state index contributed by atoms with van der Waals surface area (Å²) in [6.45, 7) is 0.279. The van der Waals surface area contributed by atoms with Gasteiger partial charge in [0.2, 0.25) is 11.8 Å². The molecule has 1 saturated heterocycles. The van der Waals surface area contributed by atoms with E-state index < -0.39 is 5.92 Å². The second-order valence-electron chi connectivity index (χ2n) is 5.65. The highest BCUT2D eigenvalue weighted by atomic mass is 16.5. The maximum atomic E-state index is 12.4. The van der Waals surface area contributed by atoms with Gasteiger partial charge in [0.25, 0.3) is 0 Å². The standard InChI is InChI=1S/C18H19N3O4/c1-24-13-6-7-15(25-2)14(10-13)21-11-12(9-17(21)22)18(23)20-16-5-3-4-8-19-16/h3-8,10,12H,9,11H2,1-2H3,(H,19,20,23)/t12-/m0/s1. The first kappa shape index (κ1) is 16.8. The van der Waals surface area contributed by atoms with Crippen molar-refractivity contribution in [2.24, 2.45) is 5.92 Å². The number of nitrogens with one attached hydrogen (secondary N) is 1. The SMILES string of the molecule is COc1ccc(OC)c(N2C[C@@H](C(=O)Nc3ccccn3)CC2=O)c1. The van der Waals surface area contributed by atoms with Crippen molar-refractivity contribution in [3.8, 4) is 11.5 Å². The van der Waals surface area contributed by atoms with Crippen LogP contribution in [-0.2, 0) is 9.59 Å². The minimum Gasteiger partial charge on any atom is -0.497 e. The summed E-state index contributed by atoms with van der Waals surface area (Å²) in [6.07, 6.45) is 1.74. The molecule has 7 heteroatoms. The smallest absolute Gasteiger partial charge is 0.230 e. The van der Waals surface area contributed by atoms with E-state index in [-0.39, 0.29) is 24.8 Å². The van der Waals surface area contributed by atoms with Crippen molar-refractivity contribution in [2.45, 2.75) is 6.42 Å². The van der Waals surface area contributed by atoms with Gasteiger partial charge < -0.3 is 19.7 Å². The van der Waals surface area contributed by atoms with Crippen LogP contribution in [-0.4, -0.2) is 37.6 Å². The van der Waals surface area contributed by atoms with Crippen molar-refractivity contribution in [2.75, 3.05) is 31.0 Å². The van der Waals surface area contributed by atoms with Crippen molar-refractivity contribution in [3.05, 3.63) is 42.6 Å². The molecule has 0 unspecified atom stereocenters. The van der Waals surface area contributed by atoms with Crippen LogP contribution >= 0.6 is 0 Å². The Labute approximate surface area is 145 Å². The molecular weight excluding hydrogens is 322 g/mol. The Hall–Kier alpha value is -3.09. The molecule has 2 amide bonds. The molecule has 0 radical (unpaired) electrons. The Kier molecular flexibility index (Phi) is 4.83. The summed E-state index contributed by atoms with van der Waals surface area (Å²) in [6, 6.07) is 10.5. The van der Waals surface area contributed by atoms with Gasteiger partial charge in [-0.2, -0.15) is 0 Å². The molecule has 1 atom stereocenters. The third-order valence-corrected chi connectivity index (χ3v) is 4.09. The van der Waals surface area contributed by atoms with Gasteiger partial charge in [-0.1, -0.05) is 6.07 Å². The van der Waals surface area contributed by atoms with Gasteiger partial charge in [-0.25, -0.2) is 4.98 Å². The molecule has 1 aliphatic rings. The van der Waals surface area contributed by atoms with Crippen molar-refractivity contribution in [1.29, 1.82) is 0 Å². The number of carbonyl (C=O) groups is 2. The fourth-order valence-corrected chi connectivity index (χ4v) is 2.79. The molecule has 1 aliphatic heterocycles. The number of nitrogens with zero attached hydrogens (tertiary/aromatic N) is 2. The zero-order valence-corrected chi connectivity index (χ0v) is 14.1. The van der Waals surface area contributed by atoms with Gasteiger partial charge in [-0.05, 0) is 24.3 Å². The second kappa shape index (κ2) is 7.21. The molecular formula is C18H19N3O4. The third kappa shape index (κ3) is 3.55. The van der Waals surface area contributed by atoms with Gasteiger partial charge in [0.1, 0.15) is 17.3 Å². The van der Waals surface area contributed by atoms with E-state index in [1.165, 1.54) is 7.11 Å². The number of ether oxygens (including phenoxy) is 2. The molecule has 1 fully saturated rings. The quantitative estimate of drug-likeness (QED) is 0.901. The average molecular weight is 341 g/mol. The summed E-state index contributed by atoms with van der Waals surface area (Å²) in [5, 5.41) is 2.74. The zero-order valence-electron chi connectivity index (χ0n) is 14.1.